The largest absolute Gasteiger partial charge is 0.452 e. The SMILES string of the molecule is CCc1ccc(NC(=O)COC(=O)c2cccc(N3C(=O)[C@H]4CC=CC[C@H]4C3=O)c2)cc1. The summed E-state index contributed by atoms with van der Waals surface area (Å²) < 4.78 is 5.12. The van der Waals surface area contributed by atoms with Crippen LogP contribution in [0, 0.1) is 11.8 Å². The molecule has 1 fully saturated rings. The van der Waals surface area contributed by atoms with Gasteiger partial charge in [0.05, 0.1) is 23.1 Å². The van der Waals surface area contributed by atoms with E-state index in [1.165, 1.54) is 12.1 Å². The summed E-state index contributed by atoms with van der Waals surface area (Å²) in [5.41, 5.74) is 2.27. The Morgan fingerprint density at radius 2 is 1.66 bits per heavy atom. The summed E-state index contributed by atoms with van der Waals surface area (Å²) in [6.45, 7) is 1.60. The number of fused-ring (bicyclic) bond motifs is 1. The minimum Gasteiger partial charge on any atom is -0.452 e. The molecule has 1 saturated heterocycles. The van der Waals surface area contributed by atoms with Crippen LogP contribution in [0.15, 0.2) is 60.7 Å². The lowest BCUT2D eigenvalue weighted by molar-refractivity contribution is -0.122. The molecular weight excluding hydrogens is 408 g/mol. The number of imide groups is 1. The maximum atomic E-state index is 12.8. The van der Waals surface area contributed by atoms with Crippen molar-refractivity contribution in [1.29, 1.82) is 0 Å². The van der Waals surface area contributed by atoms with Gasteiger partial charge in [0.1, 0.15) is 0 Å². The number of anilines is 2. The van der Waals surface area contributed by atoms with Crippen LogP contribution >= 0.6 is 0 Å². The maximum Gasteiger partial charge on any atom is 0.338 e. The Hall–Kier alpha value is -3.74. The third-order valence-corrected chi connectivity index (χ3v) is 5.83. The lowest BCUT2D eigenvalue weighted by Crippen LogP contribution is -2.31. The molecule has 0 radical (unpaired) electrons. The Kier molecular flexibility index (Phi) is 6.16. The topological polar surface area (TPSA) is 92.8 Å². The standard InChI is InChI=1S/C25H24N2O5/c1-2-16-10-12-18(13-11-16)26-22(28)15-32-25(31)17-6-5-7-19(14-17)27-23(29)20-8-3-4-9-21(20)24(27)30/h3-7,10-14,20-21H,2,8-9,15H2,1H3,(H,26,28)/t20-,21+. The fraction of sp³-hybridized carbons (Fsp3) is 0.280. The van der Waals surface area contributed by atoms with Crippen LogP contribution in [0.5, 0.6) is 0 Å². The fourth-order valence-corrected chi connectivity index (χ4v) is 4.06. The molecule has 0 saturated carbocycles. The first-order chi connectivity index (χ1) is 15.5. The number of hydrogen-bond acceptors (Lipinski definition) is 5. The van der Waals surface area contributed by atoms with Crippen molar-refractivity contribution < 1.29 is 23.9 Å². The first kappa shape index (κ1) is 21.5. The number of rotatable bonds is 6. The summed E-state index contributed by atoms with van der Waals surface area (Å²) in [4.78, 5) is 51.3. The third kappa shape index (κ3) is 4.32. The molecule has 1 heterocycles. The Labute approximate surface area is 186 Å². The van der Waals surface area contributed by atoms with E-state index in [1.807, 2.05) is 31.2 Å². The second kappa shape index (κ2) is 9.18. The van der Waals surface area contributed by atoms with Gasteiger partial charge in [-0.3, -0.25) is 19.3 Å². The molecule has 1 aliphatic carbocycles. The second-order valence-corrected chi connectivity index (χ2v) is 7.89. The van der Waals surface area contributed by atoms with Crippen LogP contribution in [0.3, 0.4) is 0 Å². The Morgan fingerprint density at radius 3 is 2.28 bits per heavy atom. The number of nitrogens with zero attached hydrogens (tertiary/aromatic N) is 1. The van der Waals surface area contributed by atoms with Gasteiger partial charge in [0.15, 0.2) is 6.61 Å². The van der Waals surface area contributed by atoms with Gasteiger partial charge in [-0.2, -0.15) is 0 Å². The summed E-state index contributed by atoms with van der Waals surface area (Å²) in [6, 6.07) is 13.6. The lowest BCUT2D eigenvalue weighted by atomic mass is 9.85. The number of benzene rings is 2. The summed E-state index contributed by atoms with van der Waals surface area (Å²) in [5, 5.41) is 2.68. The molecule has 0 spiro atoms. The first-order valence-corrected chi connectivity index (χ1v) is 10.7. The van der Waals surface area contributed by atoms with Crippen LogP contribution in [0.2, 0.25) is 0 Å². The molecule has 1 aliphatic heterocycles. The van der Waals surface area contributed by atoms with Crippen molar-refractivity contribution in [2.75, 3.05) is 16.8 Å². The van der Waals surface area contributed by atoms with Gasteiger partial charge in [0, 0.05) is 5.69 Å². The number of hydrogen-bond donors (Lipinski definition) is 1. The van der Waals surface area contributed by atoms with Crippen molar-refractivity contribution in [3.05, 3.63) is 71.8 Å². The van der Waals surface area contributed by atoms with E-state index in [1.54, 1.807) is 24.3 Å². The van der Waals surface area contributed by atoms with Crippen molar-refractivity contribution >= 4 is 35.1 Å². The van der Waals surface area contributed by atoms with Gasteiger partial charge >= 0.3 is 5.97 Å². The minimum absolute atomic E-state index is 0.163. The van der Waals surface area contributed by atoms with E-state index in [9.17, 15) is 19.2 Å². The fourth-order valence-electron chi connectivity index (χ4n) is 4.06. The number of carbonyl (C=O) groups excluding carboxylic acids is 4. The van der Waals surface area contributed by atoms with E-state index in [0.29, 0.717) is 24.2 Å². The van der Waals surface area contributed by atoms with E-state index in [-0.39, 0.29) is 29.2 Å². The summed E-state index contributed by atoms with van der Waals surface area (Å²) in [6.07, 6.45) is 5.84. The van der Waals surface area contributed by atoms with Crippen molar-refractivity contribution in [2.45, 2.75) is 26.2 Å². The highest BCUT2D eigenvalue weighted by Gasteiger charge is 2.47. The molecule has 32 heavy (non-hydrogen) atoms. The number of allylic oxidation sites excluding steroid dienone is 2. The first-order valence-electron chi connectivity index (χ1n) is 10.7. The van der Waals surface area contributed by atoms with Gasteiger partial charge in [0.25, 0.3) is 5.91 Å². The highest BCUT2D eigenvalue weighted by molar-refractivity contribution is 6.22. The van der Waals surface area contributed by atoms with Gasteiger partial charge in [-0.05, 0) is 55.2 Å². The van der Waals surface area contributed by atoms with Crippen molar-refractivity contribution in [3.63, 3.8) is 0 Å². The van der Waals surface area contributed by atoms with Gasteiger partial charge in [0.2, 0.25) is 11.8 Å². The number of nitrogens with one attached hydrogen (secondary N) is 1. The maximum absolute atomic E-state index is 12.8. The highest BCUT2D eigenvalue weighted by Crippen LogP contribution is 2.37. The molecule has 0 unspecified atom stereocenters. The van der Waals surface area contributed by atoms with Gasteiger partial charge in [-0.25, -0.2) is 4.79 Å². The molecule has 0 bridgehead atoms. The van der Waals surface area contributed by atoms with Crippen LogP contribution < -0.4 is 10.2 Å². The quantitative estimate of drug-likeness (QED) is 0.428. The molecule has 3 amide bonds. The zero-order valence-electron chi connectivity index (χ0n) is 17.7. The number of amides is 3. The second-order valence-electron chi connectivity index (χ2n) is 7.89. The average Bonchev–Trinajstić information content (AvgIpc) is 3.08. The van der Waals surface area contributed by atoms with Crippen LogP contribution in [0.25, 0.3) is 0 Å². The number of ether oxygens (including phenoxy) is 1. The van der Waals surface area contributed by atoms with Crippen LogP contribution in [0.1, 0.15) is 35.7 Å². The van der Waals surface area contributed by atoms with Crippen molar-refractivity contribution in [2.24, 2.45) is 11.8 Å². The van der Waals surface area contributed by atoms with Crippen LogP contribution in [-0.2, 0) is 25.5 Å². The average molecular weight is 432 g/mol. The molecule has 7 nitrogen and oxygen atoms in total. The predicted octanol–water partition coefficient (Wildman–Crippen LogP) is 3.50. The molecule has 0 aromatic heterocycles. The van der Waals surface area contributed by atoms with E-state index >= 15 is 0 Å². The molecule has 2 aromatic carbocycles. The van der Waals surface area contributed by atoms with E-state index in [4.69, 9.17) is 4.74 Å². The Bertz CT molecular complexity index is 1060. The van der Waals surface area contributed by atoms with E-state index < -0.39 is 18.5 Å². The summed E-state index contributed by atoms with van der Waals surface area (Å²) in [7, 11) is 0. The smallest absolute Gasteiger partial charge is 0.338 e. The lowest BCUT2D eigenvalue weighted by Gasteiger charge is -2.15. The van der Waals surface area contributed by atoms with Gasteiger partial charge in [-0.1, -0.05) is 37.3 Å². The molecular formula is C25H24N2O5. The van der Waals surface area contributed by atoms with Gasteiger partial charge < -0.3 is 10.1 Å². The van der Waals surface area contributed by atoms with Crippen LogP contribution in [0.4, 0.5) is 11.4 Å². The molecule has 2 aromatic rings. The normalized spacial score (nSPS) is 19.6. The van der Waals surface area contributed by atoms with Crippen LogP contribution in [-0.4, -0.2) is 30.3 Å². The minimum atomic E-state index is -0.707. The Balaban J connectivity index is 1.38. The van der Waals surface area contributed by atoms with Crippen molar-refractivity contribution in [1.82, 2.24) is 0 Å². The monoisotopic (exact) mass is 432 g/mol. The molecule has 4 rings (SSSR count). The molecule has 2 atom stereocenters. The van der Waals surface area contributed by atoms with Crippen molar-refractivity contribution in [3.8, 4) is 0 Å². The zero-order valence-corrected chi connectivity index (χ0v) is 17.7. The number of carbonyl (C=O) groups is 4. The molecule has 2 aliphatic rings. The molecule has 1 N–H and O–H groups in total. The predicted molar refractivity (Wildman–Crippen MR) is 119 cm³/mol. The Morgan fingerprint density at radius 1 is 1.00 bits per heavy atom. The number of aryl methyl sites for hydroxylation is 1. The number of esters is 1. The zero-order chi connectivity index (χ0) is 22.7. The molecule has 164 valence electrons. The summed E-state index contributed by atoms with van der Waals surface area (Å²) >= 11 is 0. The summed E-state index contributed by atoms with van der Waals surface area (Å²) in [5.74, 6) is -2.36. The highest BCUT2D eigenvalue weighted by atomic mass is 16.5. The third-order valence-electron chi connectivity index (χ3n) is 5.83. The van der Waals surface area contributed by atoms with Gasteiger partial charge in [-0.15, -0.1) is 0 Å². The van der Waals surface area contributed by atoms with E-state index in [2.05, 4.69) is 5.32 Å². The molecule has 7 heteroatoms. The van der Waals surface area contributed by atoms with E-state index in [0.717, 1.165) is 16.9 Å².